The lowest BCUT2D eigenvalue weighted by Crippen LogP contribution is -2.25. The van der Waals surface area contributed by atoms with E-state index in [4.69, 9.17) is 15.2 Å². The highest BCUT2D eigenvalue weighted by atomic mass is 16.7. The minimum atomic E-state index is 0.0438. The van der Waals surface area contributed by atoms with Crippen molar-refractivity contribution < 1.29 is 9.47 Å². The zero-order chi connectivity index (χ0) is 7.68. The van der Waals surface area contributed by atoms with Crippen LogP contribution in [0.4, 0.5) is 0 Å². The van der Waals surface area contributed by atoms with Gasteiger partial charge in [0.05, 0.1) is 6.10 Å². The van der Waals surface area contributed by atoms with E-state index in [2.05, 4.69) is 0 Å². The van der Waals surface area contributed by atoms with E-state index in [-0.39, 0.29) is 18.4 Å². The predicted molar refractivity (Wildman–Crippen MR) is 41.1 cm³/mol. The summed E-state index contributed by atoms with van der Waals surface area (Å²) in [7, 11) is 0. The normalized spacial score (nSPS) is 43.9. The maximum atomic E-state index is 5.60. The van der Waals surface area contributed by atoms with Crippen LogP contribution in [0.2, 0.25) is 0 Å². The SMILES string of the molecule is NC1CC1OC1CCCCO1. The second-order valence-corrected chi connectivity index (χ2v) is 3.37. The first-order valence-corrected chi connectivity index (χ1v) is 4.39. The quantitative estimate of drug-likeness (QED) is 0.639. The Bertz CT molecular complexity index is 134. The Labute approximate surface area is 66.8 Å². The summed E-state index contributed by atoms with van der Waals surface area (Å²) in [6.45, 7) is 0.854. The van der Waals surface area contributed by atoms with Crippen LogP contribution in [0.3, 0.4) is 0 Å². The summed E-state index contributed by atoms with van der Waals surface area (Å²) in [4.78, 5) is 0. The molecule has 11 heavy (non-hydrogen) atoms. The average Bonchev–Trinajstić information content (AvgIpc) is 2.69. The highest BCUT2D eigenvalue weighted by molar-refractivity contribution is 4.92. The second kappa shape index (κ2) is 3.09. The van der Waals surface area contributed by atoms with Gasteiger partial charge in [-0.2, -0.15) is 0 Å². The summed E-state index contributed by atoms with van der Waals surface area (Å²) in [6, 6.07) is 0.278. The molecule has 3 nitrogen and oxygen atoms in total. The van der Waals surface area contributed by atoms with Gasteiger partial charge in [0.25, 0.3) is 0 Å². The lowest BCUT2D eigenvalue weighted by atomic mass is 10.2. The van der Waals surface area contributed by atoms with Gasteiger partial charge in [-0.15, -0.1) is 0 Å². The van der Waals surface area contributed by atoms with Crippen molar-refractivity contribution in [2.24, 2.45) is 5.73 Å². The number of hydrogen-bond donors (Lipinski definition) is 1. The van der Waals surface area contributed by atoms with Crippen LogP contribution in [-0.2, 0) is 9.47 Å². The molecular formula is C8H15NO2. The van der Waals surface area contributed by atoms with E-state index in [1.54, 1.807) is 0 Å². The fraction of sp³-hybridized carbons (Fsp3) is 1.00. The van der Waals surface area contributed by atoms with Gasteiger partial charge in [-0.05, 0) is 25.7 Å². The van der Waals surface area contributed by atoms with Gasteiger partial charge in [0, 0.05) is 12.6 Å². The van der Waals surface area contributed by atoms with E-state index in [1.165, 1.54) is 12.8 Å². The largest absolute Gasteiger partial charge is 0.353 e. The van der Waals surface area contributed by atoms with Crippen LogP contribution >= 0.6 is 0 Å². The highest BCUT2D eigenvalue weighted by Gasteiger charge is 2.37. The molecule has 0 amide bonds. The van der Waals surface area contributed by atoms with Crippen LogP contribution < -0.4 is 5.73 Å². The van der Waals surface area contributed by atoms with Crippen LogP contribution in [0.1, 0.15) is 25.7 Å². The Morgan fingerprint density at radius 3 is 2.73 bits per heavy atom. The van der Waals surface area contributed by atoms with Gasteiger partial charge in [0.15, 0.2) is 6.29 Å². The number of hydrogen-bond acceptors (Lipinski definition) is 3. The topological polar surface area (TPSA) is 44.5 Å². The fourth-order valence-corrected chi connectivity index (χ4v) is 1.36. The van der Waals surface area contributed by atoms with Crippen molar-refractivity contribution in [2.45, 2.75) is 44.1 Å². The Hall–Kier alpha value is -0.120. The highest BCUT2D eigenvalue weighted by Crippen LogP contribution is 2.27. The molecule has 1 aliphatic carbocycles. The molecule has 1 saturated heterocycles. The molecule has 3 unspecified atom stereocenters. The smallest absolute Gasteiger partial charge is 0.158 e. The number of nitrogens with two attached hydrogens (primary N) is 1. The zero-order valence-corrected chi connectivity index (χ0v) is 6.66. The van der Waals surface area contributed by atoms with Crippen LogP contribution in [0.5, 0.6) is 0 Å². The van der Waals surface area contributed by atoms with Gasteiger partial charge < -0.3 is 15.2 Å². The summed E-state index contributed by atoms with van der Waals surface area (Å²) in [5, 5.41) is 0. The molecule has 2 aliphatic rings. The second-order valence-electron chi connectivity index (χ2n) is 3.37. The molecule has 3 heteroatoms. The summed E-state index contributed by atoms with van der Waals surface area (Å²) in [6.07, 6.45) is 4.80. The molecule has 0 bridgehead atoms. The first-order valence-electron chi connectivity index (χ1n) is 4.39. The zero-order valence-electron chi connectivity index (χ0n) is 6.66. The minimum absolute atomic E-state index is 0.0438. The standard InChI is InChI=1S/C8H15NO2/c9-6-5-7(6)11-8-3-1-2-4-10-8/h6-8H,1-5,9H2. The van der Waals surface area contributed by atoms with E-state index in [0.29, 0.717) is 0 Å². The summed E-state index contributed by atoms with van der Waals surface area (Å²) >= 11 is 0. The van der Waals surface area contributed by atoms with E-state index >= 15 is 0 Å². The van der Waals surface area contributed by atoms with E-state index in [9.17, 15) is 0 Å². The molecule has 64 valence electrons. The third kappa shape index (κ3) is 1.92. The average molecular weight is 157 g/mol. The maximum Gasteiger partial charge on any atom is 0.158 e. The van der Waals surface area contributed by atoms with Crippen molar-refractivity contribution in [3.63, 3.8) is 0 Å². The van der Waals surface area contributed by atoms with E-state index in [0.717, 1.165) is 19.4 Å². The molecule has 2 fully saturated rings. The van der Waals surface area contributed by atoms with Crippen LogP contribution in [0.25, 0.3) is 0 Å². The van der Waals surface area contributed by atoms with E-state index in [1.807, 2.05) is 0 Å². The molecular weight excluding hydrogens is 142 g/mol. The Kier molecular flexibility index (Phi) is 2.11. The van der Waals surface area contributed by atoms with E-state index < -0.39 is 0 Å². The molecule has 0 radical (unpaired) electrons. The van der Waals surface area contributed by atoms with Crippen LogP contribution in [-0.4, -0.2) is 25.0 Å². The molecule has 0 aromatic rings. The molecule has 1 saturated carbocycles. The van der Waals surface area contributed by atoms with Crippen molar-refractivity contribution in [1.29, 1.82) is 0 Å². The predicted octanol–water partition coefficient (Wildman–Crippen LogP) is 0.629. The van der Waals surface area contributed by atoms with Crippen molar-refractivity contribution in [1.82, 2.24) is 0 Å². The van der Waals surface area contributed by atoms with Gasteiger partial charge in [0.2, 0.25) is 0 Å². The summed E-state index contributed by atoms with van der Waals surface area (Å²) in [5.74, 6) is 0. The Morgan fingerprint density at radius 1 is 1.36 bits per heavy atom. The molecule has 3 atom stereocenters. The molecule has 0 aromatic carbocycles. The van der Waals surface area contributed by atoms with Gasteiger partial charge in [-0.1, -0.05) is 0 Å². The molecule has 1 heterocycles. The summed E-state index contributed by atoms with van der Waals surface area (Å²) in [5.41, 5.74) is 5.60. The summed E-state index contributed by atoms with van der Waals surface area (Å²) < 4.78 is 11.0. The third-order valence-electron chi connectivity index (χ3n) is 2.24. The Balaban J connectivity index is 1.68. The Morgan fingerprint density at radius 2 is 2.18 bits per heavy atom. The third-order valence-corrected chi connectivity index (χ3v) is 2.24. The fourth-order valence-electron chi connectivity index (χ4n) is 1.36. The monoisotopic (exact) mass is 157 g/mol. The van der Waals surface area contributed by atoms with Gasteiger partial charge in [-0.3, -0.25) is 0 Å². The molecule has 0 spiro atoms. The first-order chi connectivity index (χ1) is 5.36. The van der Waals surface area contributed by atoms with Crippen molar-refractivity contribution in [3.05, 3.63) is 0 Å². The van der Waals surface area contributed by atoms with Crippen LogP contribution in [0.15, 0.2) is 0 Å². The lowest BCUT2D eigenvalue weighted by Gasteiger charge is -2.22. The maximum absolute atomic E-state index is 5.60. The minimum Gasteiger partial charge on any atom is -0.353 e. The number of ether oxygens (including phenoxy) is 2. The van der Waals surface area contributed by atoms with Crippen molar-refractivity contribution >= 4 is 0 Å². The lowest BCUT2D eigenvalue weighted by molar-refractivity contribution is -0.169. The van der Waals surface area contributed by atoms with Gasteiger partial charge in [-0.25, -0.2) is 0 Å². The van der Waals surface area contributed by atoms with Crippen molar-refractivity contribution in [2.75, 3.05) is 6.61 Å². The molecule has 0 aromatic heterocycles. The van der Waals surface area contributed by atoms with Gasteiger partial charge in [0.1, 0.15) is 0 Å². The molecule has 1 aliphatic heterocycles. The first kappa shape index (κ1) is 7.53. The number of rotatable bonds is 2. The molecule has 2 N–H and O–H groups in total. The van der Waals surface area contributed by atoms with Gasteiger partial charge >= 0.3 is 0 Å². The van der Waals surface area contributed by atoms with Crippen LogP contribution in [0, 0.1) is 0 Å². The van der Waals surface area contributed by atoms with Crippen molar-refractivity contribution in [3.8, 4) is 0 Å². The molecule has 2 rings (SSSR count).